The molecule has 1 aromatic heterocycles. The number of Topliss-reactive ketones (excluding diaryl/α,β-unsaturated/α-hetero) is 1. The minimum atomic E-state index is 0.215. The standard InChI is InChI=1S/C16H18ClN3O/c1-3-12-16(17)14(19(2)18-12)10-20-9-8-15(21)11-6-4-5-7-13(11)20/h4-7H,3,8-10H2,1-2H3. The summed E-state index contributed by atoms with van der Waals surface area (Å²) in [4.78, 5) is 14.2. The van der Waals surface area contributed by atoms with Crippen LogP contribution >= 0.6 is 11.6 Å². The maximum absolute atomic E-state index is 12.0. The predicted molar refractivity (Wildman–Crippen MR) is 84.0 cm³/mol. The summed E-state index contributed by atoms with van der Waals surface area (Å²) in [5, 5.41) is 5.20. The molecule has 2 aromatic rings. The van der Waals surface area contributed by atoms with Gasteiger partial charge in [0.05, 0.1) is 23.0 Å². The number of rotatable bonds is 3. The monoisotopic (exact) mass is 303 g/mol. The lowest BCUT2D eigenvalue weighted by atomic mass is 10.0. The lowest BCUT2D eigenvalue weighted by molar-refractivity contribution is 0.0979. The average Bonchev–Trinajstić information content (AvgIpc) is 2.77. The molecule has 0 unspecified atom stereocenters. The van der Waals surface area contributed by atoms with Gasteiger partial charge in [0.15, 0.2) is 5.78 Å². The van der Waals surface area contributed by atoms with Gasteiger partial charge in [-0.05, 0) is 18.6 Å². The molecule has 1 aliphatic rings. The minimum absolute atomic E-state index is 0.215. The first kappa shape index (κ1) is 14.1. The van der Waals surface area contributed by atoms with Crippen molar-refractivity contribution in [1.29, 1.82) is 0 Å². The number of anilines is 1. The molecule has 21 heavy (non-hydrogen) atoms. The highest BCUT2D eigenvalue weighted by molar-refractivity contribution is 6.31. The van der Waals surface area contributed by atoms with Gasteiger partial charge in [0, 0.05) is 31.3 Å². The van der Waals surface area contributed by atoms with Gasteiger partial charge >= 0.3 is 0 Å². The molecule has 0 bridgehead atoms. The molecule has 1 aliphatic heterocycles. The van der Waals surface area contributed by atoms with Crippen LogP contribution in [0.1, 0.15) is 35.1 Å². The van der Waals surface area contributed by atoms with Crippen LogP contribution in [0.2, 0.25) is 5.02 Å². The van der Waals surface area contributed by atoms with E-state index in [-0.39, 0.29) is 5.78 Å². The second kappa shape index (κ2) is 5.53. The Labute approximate surface area is 129 Å². The van der Waals surface area contributed by atoms with E-state index in [9.17, 15) is 4.79 Å². The van der Waals surface area contributed by atoms with Crippen molar-refractivity contribution in [2.45, 2.75) is 26.3 Å². The summed E-state index contributed by atoms with van der Waals surface area (Å²) < 4.78 is 1.85. The zero-order chi connectivity index (χ0) is 15.0. The van der Waals surface area contributed by atoms with Crippen molar-refractivity contribution in [2.75, 3.05) is 11.4 Å². The Bertz CT molecular complexity index is 693. The molecule has 4 nitrogen and oxygen atoms in total. The van der Waals surface area contributed by atoms with Gasteiger partial charge in [-0.3, -0.25) is 9.48 Å². The highest BCUT2D eigenvalue weighted by Gasteiger charge is 2.24. The van der Waals surface area contributed by atoms with Crippen LogP contribution in [-0.4, -0.2) is 22.1 Å². The molecule has 0 N–H and O–H groups in total. The van der Waals surface area contributed by atoms with Crippen molar-refractivity contribution >= 4 is 23.1 Å². The SMILES string of the molecule is CCc1nn(C)c(CN2CCC(=O)c3ccccc32)c1Cl. The third kappa shape index (κ3) is 2.44. The fourth-order valence-electron chi connectivity index (χ4n) is 2.81. The highest BCUT2D eigenvalue weighted by Crippen LogP contribution is 2.30. The molecule has 5 heteroatoms. The number of para-hydroxylation sites is 1. The Kier molecular flexibility index (Phi) is 3.72. The van der Waals surface area contributed by atoms with E-state index in [1.807, 2.05) is 42.9 Å². The third-order valence-corrected chi connectivity index (χ3v) is 4.43. The van der Waals surface area contributed by atoms with Crippen LogP contribution in [0.25, 0.3) is 0 Å². The van der Waals surface area contributed by atoms with Crippen molar-refractivity contribution in [3.05, 3.63) is 46.2 Å². The quantitative estimate of drug-likeness (QED) is 0.874. The van der Waals surface area contributed by atoms with Crippen molar-refractivity contribution in [1.82, 2.24) is 9.78 Å². The maximum atomic E-state index is 12.0. The fraction of sp³-hybridized carbons (Fsp3) is 0.375. The maximum Gasteiger partial charge on any atom is 0.166 e. The van der Waals surface area contributed by atoms with Crippen LogP contribution < -0.4 is 4.90 Å². The summed E-state index contributed by atoms with van der Waals surface area (Å²) in [7, 11) is 1.92. The van der Waals surface area contributed by atoms with E-state index >= 15 is 0 Å². The van der Waals surface area contributed by atoms with Gasteiger partial charge in [0.25, 0.3) is 0 Å². The van der Waals surface area contributed by atoms with Crippen LogP contribution in [0, 0.1) is 0 Å². The molecular formula is C16H18ClN3O. The van der Waals surface area contributed by atoms with Crippen LogP contribution in [0.3, 0.4) is 0 Å². The van der Waals surface area contributed by atoms with E-state index in [1.54, 1.807) is 0 Å². The Morgan fingerprint density at radius 3 is 2.81 bits per heavy atom. The molecule has 0 saturated carbocycles. The molecule has 0 spiro atoms. The van der Waals surface area contributed by atoms with Crippen LogP contribution in [0.5, 0.6) is 0 Å². The van der Waals surface area contributed by atoms with E-state index in [0.29, 0.717) is 13.0 Å². The van der Waals surface area contributed by atoms with Crippen LogP contribution in [0.15, 0.2) is 24.3 Å². The second-order valence-electron chi connectivity index (χ2n) is 5.30. The molecular weight excluding hydrogens is 286 g/mol. The number of halogens is 1. The summed E-state index contributed by atoms with van der Waals surface area (Å²) in [5.74, 6) is 0.215. The van der Waals surface area contributed by atoms with Gasteiger partial charge in [0.1, 0.15) is 0 Å². The summed E-state index contributed by atoms with van der Waals surface area (Å²) >= 11 is 6.43. The highest BCUT2D eigenvalue weighted by atomic mass is 35.5. The summed E-state index contributed by atoms with van der Waals surface area (Å²) in [6.45, 7) is 3.44. The molecule has 0 atom stereocenters. The number of fused-ring (bicyclic) bond motifs is 1. The minimum Gasteiger partial charge on any atom is -0.365 e. The number of aryl methyl sites for hydroxylation is 2. The van der Waals surface area contributed by atoms with E-state index in [1.165, 1.54) is 0 Å². The zero-order valence-corrected chi connectivity index (χ0v) is 13.0. The average molecular weight is 304 g/mol. The van der Waals surface area contributed by atoms with Crippen LogP contribution in [-0.2, 0) is 20.0 Å². The number of nitrogens with zero attached hydrogens (tertiary/aromatic N) is 3. The Balaban J connectivity index is 1.95. The van der Waals surface area contributed by atoms with Crippen molar-refractivity contribution in [3.8, 4) is 0 Å². The molecule has 3 rings (SSSR count). The number of ketones is 1. The smallest absolute Gasteiger partial charge is 0.166 e. The number of carbonyl (C=O) groups is 1. The first-order chi connectivity index (χ1) is 10.1. The molecule has 0 aliphatic carbocycles. The summed E-state index contributed by atoms with van der Waals surface area (Å²) in [6, 6.07) is 7.77. The second-order valence-corrected chi connectivity index (χ2v) is 5.67. The van der Waals surface area contributed by atoms with E-state index in [4.69, 9.17) is 11.6 Å². The van der Waals surface area contributed by atoms with E-state index in [2.05, 4.69) is 10.00 Å². The molecule has 0 fully saturated rings. The molecule has 0 saturated heterocycles. The van der Waals surface area contributed by atoms with Gasteiger partial charge in [-0.15, -0.1) is 0 Å². The molecule has 2 heterocycles. The van der Waals surface area contributed by atoms with Gasteiger partial charge in [-0.25, -0.2) is 0 Å². The number of carbonyl (C=O) groups excluding carboxylic acids is 1. The molecule has 0 radical (unpaired) electrons. The van der Waals surface area contributed by atoms with Crippen molar-refractivity contribution < 1.29 is 4.79 Å². The number of hydrogen-bond donors (Lipinski definition) is 0. The summed E-state index contributed by atoms with van der Waals surface area (Å²) in [5.41, 5.74) is 3.72. The van der Waals surface area contributed by atoms with Crippen LogP contribution in [0.4, 0.5) is 5.69 Å². The third-order valence-electron chi connectivity index (χ3n) is 4.00. The van der Waals surface area contributed by atoms with Gasteiger partial charge in [-0.2, -0.15) is 5.10 Å². The Morgan fingerprint density at radius 1 is 1.33 bits per heavy atom. The Morgan fingerprint density at radius 2 is 2.10 bits per heavy atom. The molecule has 0 amide bonds. The van der Waals surface area contributed by atoms with Gasteiger partial charge < -0.3 is 4.90 Å². The predicted octanol–water partition coefficient (Wildman–Crippen LogP) is 3.23. The van der Waals surface area contributed by atoms with E-state index < -0.39 is 0 Å². The molecule has 110 valence electrons. The first-order valence-electron chi connectivity index (χ1n) is 7.19. The normalized spacial score (nSPS) is 14.4. The first-order valence-corrected chi connectivity index (χ1v) is 7.57. The lowest BCUT2D eigenvalue weighted by Crippen LogP contribution is -2.32. The van der Waals surface area contributed by atoms with Crippen molar-refractivity contribution in [3.63, 3.8) is 0 Å². The zero-order valence-electron chi connectivity index (χ0n) is 12.3. The largest absolute Gasteiger partial charge is 0.365 e. The molecule has 1 aromatic carbocycles. The van der Waals surface area contributed by atoms with E-state index in [0.717, 1.165) is 40.6 Å². The van der Waals surface area contributed by atoms with Crippen molar-refractivity contribution in [2.24, 2.45) is 7.05 Å². The number of benzene rings is 1. The fourth-order valence-corrected chi connectivity index (χ4v) is 3.17. The lowest BCUT2D eigenvalue weighted by Gasteiger charge is -2.30. The van der Waals surface area contributed by atoms with Gasteiger partial charge in [-0.1, -0.05) is 30.7 Å². The summed E-state index contributed by atoms with van der Waals surface area (Å²) in [6.07, 6.45) is 1.37. The number of hydrogen-bond acceptors (Lipinski definition) is 3. The Hall–Kier alpha value is -1.81. The number of aromatic nitrogens is 2. The topological polar surface area (TPSA) is 38.1 Å². The van der Waals surface area contributed by atoms with Gasteiger partial charge in [0.2, 0.25) is 0 Å².